The highest BCUT2D eigenvalue weighted by molar-refractivity contribution is 4.72. The fourth-order valence-electron chi connectivity index (χ4n) is 1.11. The number of ether oxygens (including phenoxy) is 1. The molecule has 0 saturated carbocycles. The predicted molar refractivity (Wildman–Crippen MR) is 36.0 cm³/mol. The Morgan fingerprint density at radius 2 is 2.56 bits per heavy atom. The molecule has 0 aromatic rings. The van der Waals surface area contributed by atoms with Gasteiger partial charge in [0.05, 0.1) is 13.3 Å². The molecule has 0 bridgehead atoms. The number of hydrogen-bond acceptors (Lipinski definition) is 3. The van der Waals surface area contributed by atoms with Gasteiger partial charge in [-0.1, -0.05) is 0 Å². The van der Waals surface area contributed by atoms with Gasteiger partial charge in [-0.25, -0.2) is 0 Å². The van der Waals surface area contributed by atoms with E-state index in [-0.39, 0.29) is 0 Å². The molecular weight excluding hydrogens is 116 g/mol. The summed E-state index contributed by atoms with van der Waals surface area (Å²) in [6.45, 7) is 2.26. The van der Waals surface area contributed by atoms with Gasteiger partial charge in [-0.15, -0.1) is 0 Å². The minimum Gasteiger partial charge on any atom is -0.365 e. The SMILES string of the molecule is NCOC[C@@H]1CCCN1. The second-order valence-corrected chi connectivity index (χ2v) is 2.33. The first kappa shape index (κ1) is 6.99. The van der Waals surface area contributed by atoms with Gasteiger partial charge < -0.3 is 15.8 Å². The summed E-state index contributed by atoms with van der Waals surface area (Å²) >= 11 is 0. The van der Waals surface area contributed by atoms with Crippen LogP contribution in [-0.4, -0.2) is 25.9 Å². The Balaban J connectivity index is 1.98. The van der Waals surface area contributed by atoms with Crippen molar-refractivity contribution in [1.29, 1.82) is 0 Å². The van der Waals surface area contributed by atoms with Crippen molar-refractivity contribution in [2.24, 2.45) is 5.73 Å². The zero-order valence-corrected chi connectivity index (χ0v) is 5.60. The van der Waals surface area contributed by atoms with E-state index < -0.39 is 0 Å². The van der Waals surface area contributed by atoms with E-state index >= 15 is 0 Å². The molecule has 1 rings (SSSR count). The molecule has 0 spiro atoms. The molecule has 0 amide bonds. The van der Waals surface area contributed by atoms with E-state index in [0.717, 1.165) is 13.2 Å². The summed E-state index contributed by atoms with van der Waals surface area (Å²) in [7, 11) is 0. The third kappa shape index (κ3) is 2.30. The molecule has 54 valence electrons. The second kappa shape index (κ2) is 3.82. The van der Waals surface area contributed by atoms with E-state index in [2.05, 4.69) is 5.32 Å². The summed E-state index contributed by atoms with van der Waals surface area (Å²) in [5.74, 6) is 0. The molecule has 1 atom stereocenters. The number of rotatable bonds is 3. The van der Waals surface area contributed by atoms with Gasteiger partial charge in [0.25, 0.3) is 0 Å². The summed E-state index contributed by atoms with van der Waals surface area (Å²) in [6.07, 6.45) is 2.51. The van der Waals surface area contributed by atoms with E-state index in [0.29, 0.717) is 12.8 Å². The summed E-state index contributed by atoms with van der Waals surface area (Å²) in [5, 5.41) is 3.31. The molecule has 9 heavy (non-hydrogen) atoms. The van der Waals surface area contributed by atoms with Gasteiger partial charge in [-0.3, -0.25) is 0 Å². The van der Waals surface area contributed by atoms with Crippen LogP contribution in [0.2, 0.25) is 0 Å². The molecular formula is C6H14N2O. The first-order valence-electron chi connectivity index (χ1n) is 3.44. The number of nitrogens with one attached hydrogen (secondary N) is 1. The van der Waals surface area contributed by atoms with E-state index in [9.17, 15) is 0 Å². The third-order valence-corrected chi connectivity index (χ3v) is 1.60. The maximum atomic E-state index is 5.16. The zero-order chi connectivity index (χ0) is 6.53. The van der Waals surface area contributed by atoms with E-state index in [1.54, 1.807) is 0 Å². The van der Waals surface area contributed by atoms with Crippen LogP contribution < -0.4 is 11.1 Å². The summed E-state index contributed by atoms with van der Waals surface area (Å²) in [5.41, 5.74) is 5.16. The first-order valence-corrected chi connectivity index (χ1v) is 3.44. The van der Waals surface area contributed by atoms with Gasteiger partial charge in [0.2, 0.25) is 0 Å². The number of nitrogens with two attached hydrogens (primary N) is 1. The van der Waals surface area contributed by atoms with Crippen LogP contribution in [0.25, 0.3) is 0 Å². The molecule has 0 unspecified atom stereocenters. The van der Waals surface area contributed by atoms with Crippen molar-refractivity contribution >= 4 is 0 Å². The van der Waals surface area contributed by atoms with Crippen molar-refractivity contribution in [3.8, 4) is 0 Å². The fourth-order valence-corrected chi connectivity index (χ4v) is 1.11. The van der Waals surface area contributed by atoms with E-state index in [1.165, 1.54) is 12.8 Å². The molecule has 0 aliphatic carbocycles. The van der Waals surface area contributed by atoms with Crippen LogP contribution in [0.15, 0.2) is 0 Å². The van der Waals surface area contributed by atoms with Crippen molar-refractivity contribution in [1.82, 2.24) is 5.32 Å². The van der Waals surface area contributed by atoms with Crippen LogP contribution in [0, 0.1) is 0 Å². The smallest absolute Gasteiger partial charge is 0.0941 e. The Kier molecular flexibility index (Phi) is 2.97. The average molecular weight is 130 g/mol. The Bertz CT molecular complexity index is 71.5. The fraction of sp³-hybridized carbons (Fsp3) is 1.00. The summed E-state index contributed by atoms with van der Waals surface area (Å²) < 4.78 is 5.03. The summed E-state index contributed by atoms with van der Waals surface area (Å²) in [4.78, 5) is 0. The lowest BCUT2D eigenvalue weighted by Crippen LogP contribution is -2.27. The van der Waals surface area contributed by atoms with Crippen LogP contribution in [-0.2, 0) is 4.74 Å². The van der Waals surface area contributed by atoms with Crippen molar-refractivity contribution < 1.29 is 4.74 Å². The van der Waals surface area contributed by atoms with Gasteiger partial charge in [-0.05, 0) is 19.4 Å². The van der Waals surface area contributed by atoms with Gasteiger partial charge in [0.1, 0.15) is 0 Å². The van der Waals surface area contributed by atoms with Crippen LogP contribution in [0.5, 0.6) is 0 Å². The largest absolute Gasteiger partial charge is 0.365 e. The topological polar surface area (TPSA) is 47.3 Å². The van der Waals surface area contributed by atoms with Gasteiger partial charge in [0.15, 0.2) is 0 Å². The highest BCUT2D eigenvalue weighted by atomic mass is 16.5. The Morgan fingerprint density at radius 1 is 1.67 bits per heavy atom. The van der Waals surface area contributed by atoms with Gasteiger partial charge in [-0.2, -0.15) is 0 Å². The predicted octanol–water partition coefficient (Wildman–Crippen LogP) is -0.329. The molecule has 3 nitrogen and oxygen atoms in total. The maximum absolute atomic E-state index is 5.16. The highest BCUT2D eigenvalue weighted by Crippen LogP contribution is 2.03. The van der Waals surface area contributed by atoms with E-state index in [1.807, 2.05) is 0 Å². The van der Waals surface area contributed by atoms with Crippen LogP contribution >= 0.6 is 0 Å². The molecule has 1 saturated heterocycles. The molecule has 0 aromatic heterocycles. The molecule has 1 fully saturated rings. The Hall–Kier alpha value is -0.120. The molecule has 3 N–H and O–H groups in total. The average Bonchev–Trinajstić information content (AvgIpc) is 2.34. The van der Waals surface area contributed by atoms with Crippen molar-refractivity contribution in [3.63, 3.8) is 0 Å². The van der Waals surface area contributed by atoms with Crippen molar-refractivity contribution in [2.75, 3.05) is 19.9 Å². The number of hydrogen-bond donors (Lipinski definition) is 2. The minimum absolute atomic E-state index is 0.345. The molecule has 1 aliphatic rings. The standard InChI is InChI=1S/C6H14N2O/c7-5-9-4-6-2-1-3-8-6/h6,8H,1-5,7H2/t6-/m0/s1. The first-order chi connectivity index (χ1) is 4.43. The second-order valence-electron chi connectivity index (χ2n) is 2.33. The molecule has 3 heteroatoms. The normalized spacial score (nSPS) is 27.0. The lowest BCUT2D eigenvalue weighted by Gasteiger charge is -2.07. The van der Waals surface area contributed by atoms with Gasteiger partial charge in [0, 0.05) is 6.04 Å². The van der Waals surface area contributed by atoms with Crippen LogP contribution in [0.4, 0.5) is 0 Å². The quantitative estimate of drug-likeness (QED) is 0.514. The van der Waals surface area contributed by atoms with Gasteiger partial charge >= 0.3 is 0 Å². The molecule has 0 radical (unpaired) electrons. The molecule has 1 aliphatic heterocycles. The maximum Gasteiger partial charge on any atom is 0.0941 e. The third-order valence-electron chi connectivity index (χ3n) is 1.60. The monoisotopic (exact) mass is 130 g/mol. The van der Waals surface area contributed by atoms with Crippen LogP contribution in [0.3, 0.4) is 0 Å². The minimum atomic E-state index is 0.345. The molecule has 0 aromatic carbocycles. The van der Waals surface area contributed by atoms with Crippen molar-refractivity contribution in [3.05, 3.63) is 0 Å². The Labute approximate surface area is 55.6 Å². The van der Waals surface area contributed by atoms with Crippen molar-refractivity contribution in [2.45, 2.75) is 18.9 Å². The van der Waals surface area contributed by atoms with Crippen LogP contribution in [0.1, 0.15) is 12.8 Å². The molecule has 1 heterocycles. The lowest BCUT2D eigenvalue weighted by molar-refractivity contribution is 0.122. The highest BCUT2D eigenvalue weighted by Gasteiger charge is 2.12. The Morgan fingerprint density at radius 3 is 3.11 bits per heavy atom. The lowest BCUT2D eigenvalue weighted by atomic mass is 10.2. The zero-order valence-electron chi connectivity index (χ0n) is 5.60. The summed E-state index contributed by atoms with van der Waals surface area (Å²) in [6, 6.07) is 0.563. The van der Waals surface area contributed by atoms with E-state index in [4.69, 9.17) is 10.5 Å².